The van der Waals surface area contributed by atoms with Gasteiger partial charge in [0.25, 0.3) is 5.91 Å². The molecule has 104 valence electrons. The lowest BCUT2D eigenvalue weighted by Gasteiger charge is -2.33. The molecule has 0 saturated heterocycles. The Morgan fingerprint density at radius 1 is 1.42 bits per heavy atom. The van der Waals surface area contributed by atoms with E-state index in [1.807, 2.05) is 13.8 Å². The van der Waals surface area contributed by atoms with Crippen molar-refractivity contribution in [1.29, 1.82) is 0 Å². The van der Waals surface area contributed by atoms with Crippen molar-refractivity contribution in [3.05, 3.63) is 29.6 Å². The lowest BCUT2D eigenvalue weighted by molar-refractivity contribution is -0.138. The number of carbonyl (C=O) groups is 2. The maximum Gasteiger partial charge on any atom is 0.305 e. The zero-order valence-corrected chi connectivity index (χ0v) is 11.7. The summed E-state index contributed by atoms with van der Waals surface area (Å²) in [6, 6.07) is 5.17. The summed E-state index contributed by atoms with van der Waals surface area (Å²) in [5.74, 6) is -1.28. The van der Waals surface area contributed by atoms with Gasteiger partial charge in [0, 0.05) is 5.69 Å². The van der Waals surface area contributed by atoms with Crippen LogP contribution in [0.1, 0.15) is 43.4 Å². The average molecular weight is 264 g/mol. The third kappa shape index (κ3) is 4.05. The number of carboxylic acid groups (broad SMARTS) is 1. The second-order valence-electron chi connectivity index (χ2n) is 5.26. The van der Waals surface area contributed by atoms with E-state index >= 15 is 0 Å². The second kappa shape index (κ2) is 5.82. The highest BCUT2D eigenvalue weighted by molar-refractivity contribution is 5.93. The summed E-state index contributed by atoms with van der Waals surface area (Å²) in [4.78, 5) is 27.2. The second-order valence-corrected chi connectivity index (χ2v) is 5.26. The van der Waals surface area contributed by atoms with Crippen molar-refractivity contribution in [2.75, 3.05) is 0 Å². The van der Waals surface area contributed by atoms with Gasteiger partial charge >= 0.3 is 5.97 Å². The van der Waals surface area contributed by atoms with E-state index in [0.29, 0.717) is 5.69 Å². The van der Waals surface area contributed by atoms with Gasteiger partial charge in [-0.2, -0.15) is 0 Å². The third-order valence-electron chi connectivity index (χ3n) is 3.31. The van der Waals surface area contributed by atoms with Gasteiger partial charge in [0.2, 0.25) is 0 Å². The number of pyridine rings is 1. The lowest BCUT2D eigenvalue weighted by Crippen LogP contribution is -2.51. The molecular weight excluding hydrogens is 244 g/mol. The van der Waals surface area contributed by atoms with Crippen LogP contribution in [0.4, 0.5) is 0 Å². The Kier molecular flexibility index (Phi) is 4.64. The van der Waals surface area contributed by atoms with E-state index in [9.17, 15) is 9.59 Å². The minimum atomic E-state index is -0.936. The molecule has 5 nitrogen and oxygen atoms in total. The van der Waals surface area contributed by atoms with Crippen LogP contribution < -0.4 is 5.32 Å². The van der Waals surface area contributed by atoms with Crippen LogP contribution in [0.3, 0.4) is 0 Å². The lowest BCUT2D eigenvalue weighted by atomic mass is 9.85. The molecule has 19 heavy (non-hydrogen) atoms. The number of aryl methyl sites for hydroxylation is 1. The van der Waals surface area contributed by atoms with Crippen molar-refractivity contribution < 1.29 is 14.7 Å². The highest BCUT2D eigenvalue weighted by atomic mass is 16.4. The Labute approximate surface area is 113 Å². The van der Waals surface area contributed by atoms with Gasteiger partial charge in [-0.3, -0.25) is 9.59 Å². The molecule has 1 amide bonds. The van der Waals surface area contributed by atoms with Crippen molar-refractivity contribution >= 4 is 11.9 Å². The molecule has 1 atom stereocenters. The Morgan fingerprint density at radius 2 is 2.05 bits per heavy atom. The molecule has 1 heterocycles. The molecule has 2 N–H and O–H groups in total. The minimum absolute atomic E-state index is 0.00245. The average Bonchev–Trinajstić information content (AvgIpc) is 2.27. The number of carboxylic acids is 1. The standard InChI is InChI=1S/C14H20N2O3/c1-9(2)14(4,8-12(17)18)16-13(19)11-7-5-6-10(3)15-11/h5-7,9H,8H2,1-4H3,(H,16,19)(H,17,18). The summed E-state index contributed by atoms with van der Waals surface area (Å²) in [7, 11) is 0. The molecule has 0 aromatic carbocycles. The van der Waals surface area contributed by atoms with Gasteiger partial charge in [0.1, 0.15) is 5.69 Å². The van der Waals surface area contributed by atoms with E-state index in [-0.39, 0.29) is 18.2 Å². The topological polar surface area (TPSA) is 79.3 Å². The molecule has 0 bridgehead atoms. The van der Waals surface area contributed by atoms with E-state index in [1.165, 1.54) is 0 Å². The van der Waals surface area contributed by atoms with Crippen LogP contribution in [-0.4, -0.2) is 27.5 Å². The Hall–Kier alpha value is -1.91. The molecule has 0 aliphatic rings. The molecule has 1 unspecified atom stereocenters. The van der Waals surface area contributed by atoms with Crippen molar-refractivity contribution in [2.45, 2.75) is 39.7 Å². The van der Waals surface area contributed by atoms with Gasteiger partial charge < -0.3 is 10.4 Å². The van der Waals surface area contributed by atoms with E-state index in [0.717, 1.165) is 5.69 Å². The number of nitrogens with zero attached hydrogens (tertiary/aromatic N) is 1. The molecule has 5 heteroatoms. The summed E-state index contributed by atoms with van der Waals surface area (Å²) in [6.07, 6.45) is -0.123. The van der Waals surface area contributed by atoms with E-state index < -0.39 is 11.5 Å². The van der Waals surface area contributed by atoms with Crippen molar-refractivity contribution in [3.8, 4) is 0 Å². The fourth-order valence-corrected chi connectivity index (χ4v) is 1.70. The maximum absolute atomic E-state index is 12.1. The molecule has 1 rings (SSSR count). The number of hydrogen-bond donors (Lipinski definition) is 2. The number of carbonyl (C=O) groups excluding carboxylic acids is 1. The van der Waals surface area contributed by atoms with Crippen LogP contribution in [0.15, 0.2) is 18.2 Å². The number of aromatic nitrogens is 1. The number of rotatable bonds is 5. The number of aliphatic carboxylic acids is 1. The van der Waals surface area contributed by atoms with Gasteiger partial charge in [-0.05, 0) is 31.9 Å². The Balaban J connectivity index is 2.91. The number of amides is 1. The quantitative estimate of drug-likeness (QED) is 0.852. The van der Waals surface area contributed by atoms with Crippen LogP contribution in [0, 0.1) is 12.8 Å². The van der Waals surface area contributed by atoms with Crippen LogP contribution in [0.5, 0.6) is 0 Å². The van der Waals surface area contributed by atoms with Gasteiger partial charge in [0.05, 0.1) is 12.0 Å². The summed E-state index contributed by atoms with van der Waals surface area (Å²) >= 11 is 0. The molecule has 1 aromatic rings. The third-order valence-corrected chi connectivity index (χ3v) is 3.31. The summed E-state index contributed by atoms with van der Waals surface area (Å²) in [6.45, 7) is 7.30. The van der Waals surface area contributed by atoms with Crippen molar-refractivity contribution in [1.82, 2.24) is 10.3 Å². The molecule has 0 saturated carbocycles. The fraction of sp³-hybridized carbons (Fsp3) is 0.500. The van der Waals surface area contributed by atoms with Crippen LogP contribution in [0.25, 0.3) is 0 Å². The molecule has 1 aromatic heterocycles. The summed E-state index contributed by atoms with van der Waals surface area (Å²) in [5, 5.41) is 11.7. The van der Waals surface area contributed by atoms with Gasteiger partial charge in [0.15, 0.2) is 0 Å². The molecule has 0 aliphatic carbocycles. The first-order chi connectivity index (χ1) is 8.74. The maximum atomic E-state index is 12.1. The predicted octanol–water partition coefficient (Wildman–Crippen LogP) is 2.01. The first-order valence-electron chi connectivity index (χ1n) is 6.22. The van der Waals surface area contributed by atoms with E-state index in [2.05, 4.69) is 10.3 Å². The molecule has 0 fully saturated rings. The number of hydrogen-bond acceptors (Lipinski definition) is 3. The van der Waals surface area contributed by atoms with E-state index in [4.69, 9.17) is 5.11 Å². The van der Waals surface area contributed by atoms with Crippen LogP contribution in [0.2, 0.25) is 0 Å². The minimum Gasteiger partial charge on any atom is -0.481 e. The molecule has 0 aliphatic heterocycles. The normalized spacial score (nSPS) is 13.9. The molecule has 0 spiro atoms. The number of nitrogens with one attached hydrogen (secondary N) is 1. The van der Waals surface area contributed by atoms with Gasteiger partial charge in [-0.1, -0.05) is 19.9 Å². The monoisotopic (exact) mass is 264 g/mol. The first kappa shape index (κ1) is 15.1. The zero-order chi connectivity index (χ0) is 14.6. The SMILES string of the molecule is Cc1cccc(C(=O)NC(C)(CC(=O)O)C(C)C)n1. The van der Waals surface area contributed by atoms with Crippen LogP contribution in [-0.2, 0) is 4.79 Å². The first-order valence-corrected chi connectivity index (χ1v) is 6.22. The molecule has 0 radical (unpaired) electrons. The Morgan fingerprint density at radius 3 is 2.53 bits per heavy atom. The zero-order valence-electron chi connectivity index (χ0n) is 11.7. The fourth-order valence-electron chi connectivity index (χ4n) is 1.70. The highest BCUT2D eigenvalue weighted by Gasteiger charge is 2.33. The van der Waals surface area contributed by atoms with Gasteiger partial charge in [-0.15, -0.1) is 0 Å². The van der Waals surface area contributed by atoms with E-state index in [1.54, 1.807) is 32.0 Å². The largest absolute Gasteiger partial charge is 0.481 e. The highest BCUT2D eigenvalue weighted by Crippen LogP contribution is 2.21. The van der Waals surface area contributed by atoms with Crippen LogP contribution >= 0.6 is 0 Å². The predicted molar refractivity (Wildman–Crippen MR) is 71.9 cm³/mol. The summed E-state index contributed by atoms with van der Waals surface area (Å²) < 4.78 is 0. The summed E-state index contributed by atoms with van der Waals surface area (Å²) in [5.41, 5.74) is 0.253. The Bertz CT molecular complexity index is 485. The smallest absolute Gasteiger partial charge is 0.305 e. The molecular formula is C14H20N2O3. The van der Waals surface area contributed by atoms with Crippen molar-refractivity contribution in [2.24, 2.45) is 5.92 Å². The van der Waals surface area contributed by atoms with Gasteiger partial charge in [-0.25, -0.2) is 4.98 Å². The van der Waals surface area contributed by atoms with Crippen molar-refractivity contribution in [3.63, 3.8) is 0 Å².